The van der Waals surface area contributed by atoms with Gasteiger partial charge in [0.25, 0.3) is 0 Å². The largest absolute Gasteiger partial charge is 0.410 e. The minimum absolute atomic E-state index is 0.300. The lowest BCUT2D eigenvalue weighted by Crippen LogP contribution is -2.45. The third-order valence-electron chi connectivity index (χ3n) is 4.27. The third kappa shape index (κ3) is 3.20. The molecule has 94 valence electrons. The number of hydrogen-bond donors (Lipinski definition) is 0. The lowest BCUT2D eigenvalue weighted by atomic mass is 9.86. The van der Waals surface area contributed by atoms with Crippen LogP contribution in [-0.2, 0) is 4.43 Å². The minimum atomic E-state index is -1.62. The fraction of sp³-hybridized carbons (Fsp3) is 0.857. The molecule has 1 aliphatic rings. The summed E-state index contributed by atoms with van der Waals surface area (Å²) in [5.74, 6) is 0.792. The summed E-state index contributed by atoms with van der Waals surface area (Å²) in [6.07, 6.45) is 3.94. The van der Waals surface area contributed by atoms with Gasteiger partial charge in [0.15, 0.2) is 8.32 Å². The Kier molecular flexibility index (Phi) is 4.07. The molecule has 1 rings (SSSR count). The molecule has 0 bridgehead atoms. The van der Waals surface area contributed by atoms with Crippen molar-refractivity contribution in [2.24, 2.45) is 5.92 Å². The highest BCUT2D eigenvalue weighted by Gasteiger charge is 2.40. The van der Waals surface area contributed by atoms with Crippen LogP contribution in [-0.4, -0.2) is 14.4 Å². The quantitative estimate of drug-likeness (QED) is 0.500. The van der Waals surface area contributed by atoms with Crippen molar-refractivity contribution in [1.82, 2.24) is 0 Å². The zero-order chi connectivity index (χ0) is 12.6. The molecule has 2 heteroatoms. The normalized spacial score (nSPS) is 28.2. The molecular formula is C14H28OSi. The van der Waals surface area contributed by atoms with Crippen LogP contribution in [0.15, 0.2) is 12.2 Å². The number of rotatable bonds is 2. The van der Waals surface area contributed by atoms with Gasteiger partial charge < -0.3 is 4.43 Å². The van der Waals surface area contributed by atoms with E-state index in [9.17, 15) is 0 Å². The maximum atomic E-state index is 6.47. The van der Waals surface area contributed by atoms with E-state index in [0.717, 1.165) is 12.3 Å². The van der Waals surface area contributed by atoms with Crippen LogP contribution in [0.2, 0.25) is 18.1 Å². The third-order valence-corrected chi connectivity index (χ3v) is 8.76. The molecule has 16 heavy (non-hydrogen) atoms. The van der Waals surface area contributed by atoms with E-state index >= 15 is 0 Å². The summed E-state index contributed by atoms with van der Waals surface area (Å²) < 4.78 is 6.47. The van der Waals surface area contributed by atoms with E-state index in [1.807, 2.05) is 0 Å². The highest BCUT2D eigenvalue weighted by Crippen LogP contribution is 2.40. The van der Waals surface area contributed by atoms with Gasteiger partial charge in [-0.2, -0.15) is 0 Å². The molecular weight excluding hydrogens is 212 g/mol. The minimum Gasteiger partial charge on any atom is -0.410 e. The van der Waals surface area contributed by atoms with E-state index in [0.29, 0.717) is 11.1 Å². The highest BCUT2D eigenvalue weighted by molar-refractivity contribution is 6.74. The fourth-order valence-corrected chi connectivity index (χ4v) is 3.23. The molecule has 0 radical (unpaired) electrons. The van der Waals surface area contributed by atoms with Crippen LogP contribution in [0, 0.1) is 5.92 Å². The van der Waals surface area contributed by atoms with Gasteiger partial charge in [-0.1, -0.05) is 39.8 Å². The van der Waals surface area contributed by atoms with Crippen molar-refractivity contribution < 1.29 is 4.43 Å². The van der Waals surface area contributed by atoms with E-state index in [2.05, 4.69) is 47.4 Å². The van der Waals surface area contributed by atoms with Crippen LogP contribution >= 0.6 is 0 Å². The Labute approximate surface area is 102 Å². The van der Waals surface area contributed by atoms with Gasteiger partial charge in [-0.05, 0) is 43.3 Å². The van der Waals surface area contributed by atoms with Gasteiger partial charge in [0, 0.05) is 0 Å². The second-order valence-electron chi connectivity index (χ2n) is 6.90. The second kappa shape index (κ2) is 4.65. The molecule has 0 amide bonds. The van der Waals surface area contributed by atoms with Gasteiger partial charge >= 0.3 is 0 Å². The molecule has 1 saturated carbocycles. The first-order valence-corrected chi connectivity index (χ1v) is 9.40. The molecule has 0 heterocycles. The predicted molar refractivity (Wildman–Crippen MR) is 74.2 cm³/mol. The summed E-state index contributed by atoms with van der Waals surface area (Å²) in [4.78, 5) is 0. The average molecular weight is 240 g/mol. The van der Waals surface area contributed by atoms with Crippen molar-refractivity contribution in [1.29, 1.82) is 0 Å². The summed E-state index contributed by atoms with van der Waals surface area (Å²) in [6, 6.07) is 0. The second-order valence-corrected chi connectivity index (χ2v) is 11.7. The summed E-state index contributed by atoms with van der Waals surface area (Å²) >= 11 is 0. The maximum Gasteiger partial charge on any atom is 0.192 e. The van der Waals surface area contributed by atoms with E-state index in [1.165, 1.54) is 18.4 Å². The molecule has 0 N–H and O–H groups in total. The van der Waals surface area contributed by atoms with E-state index < -0.39 is 8.32 Å². The summed E-state index contributed by atoms with van der Waals surface area (Å²) in [5.41, 5.74) is 1.32. The van der Waals surface area contributed by atoms with Crippen LogP contribution in [0.5, 0.6) is 0 Å². The SMILES string of the molecule is C=C1CC[C@@H](C)C[C@@H]1O[Si](C)(C)C(C)(C)C. The molecule has 1 nitrogen and oxygen atoms in total. The first-order chi connectivity index (χ1) is 7.13. The van der Waals surface area contributed by atoms with Crippen molar-refractivity contribution in [3.63, 3.8) is 0 Å². The molecule has 0 unspecified atom stereocenters. The first-order valence-electron chi connectivity index (χ1n) is 6.49. The Bertz CT molecular complexity index is 262. The van der Waals surface area contributed by atoms with E-state index in [4.69, 9.17) is 4.43 Å². The molecule has 1 aliphatic carbocycles. The lowest BCUT2D eigenvalue weighted by molar-refractivity contribution is 0.160. The molecule has 0 aliphatic heterocycles. The van der Waals surface area contributed by atoms with E-state index in [1.54, 1.807) is 0 Å². The van der Waals surface area contributed by atoms with Gasteiger partial charge in [-0.3, -0.25) is 0 Å². The smallest absolute Gasteiger partial charge is 0.192 e. The lowest BCUT2D eigenvalue weighted by Gasteiger charge is -2.42. The van der Waals surface area contributed by atoms with Gasteiger partial charge in [0.2, 0.25) is 0 Å². The Morgan fingerprint density at radius 1 is 1.31 bits per heavy atom. The van der Waals surface area contributed by atoms with Gasteiger partial charge in [0.05, 0.1) is 6.10 Å². The fourth-order valence-electron chi connectivity index (χ4n) is 1.91. The topological polar surface area (TPSA) is 9.23 Å². The zero-order valence-corrected chi connectivity index (χ0v) is 12.9. The van der Waals surface area contributed by atoms with E-state index in [-0.39, 0.29) is 0 Å². The standard InChI is InChI=1S/C14H28OSi/c1-11-8-9-12(2)13(10-11)15-16(6,7)14(3,4)5/h11,13H,2,8-10H2,1,3-7H3/t11-,13+/m1/s1. The van der Waals surface area contributed by atoms with Crippen LogP contribution in [0.3, 0.4) is 0 Å². The molecule has 0 aromatic carbocycles. The van der Waals surface area contributed by atoms with Gasteiger partial charge in [-0.25, -0.2) is 0 Å². The van der Waals surface area contributed by atoms with Crippen molar-refractivity contribution >= 4 is 8.32 Å². The maximum absolute atomic E-state index is 6.47. The molecule has 0 saturated heterocycles. The molecule has 0 aromatic heterocycles. The average Bonchev–Trinajstić information content (AvgIpc) is 2.09. The predicted octanol–water partition coefficient (Wildman–Crippen LogP) is 4.75. The monoisotopic (exact) mass is 240 g/mol. The summed E-state index contributed by atoms with van der Waals surface area (Å²) in [6.45, 7) is 18.1. The highest BCUT2D eigenvalue weighted by atomic mass is 28.4. The number of hydrogen-bond acceptors (Lipinski definition) is 1. The Morgan fingerprint density at radius 2 is 1.88 bits per heavy atom. The van der Waals surface area contributed by atoms with Crippen LogP contribution in [0.25, 0.3) is 0 Å². The Balaban J connectivity index is 2.69. The van der Waals surface area contributed by atoms with Crippen molar-refractivity contribution in [2.75, 3.05) is 0 Å². The van der Waals surface area contributed by atoms with Crippen LogP contribution in [0.1, 0.15) is 47.0 Å². The van der Waals surface area contributed by atoms with Gasteiger partial charge in [0.1, 0.15) is 0 Å². The summed E-state index contributed by atoms with van der Waals surface area (Å²) in [5, 5.41) is 0.300. The van der Waals surface area contributed by atoms with Crippen LogP contribution in [0.4, 0.5) is 0 Å². The molecule has 1 fully saturated rings. The molecule has 0 spiro atoms. The first kappa shape index (κ1) is 14.0. The van der Waals surface area contributed by atoms with Crippen molar-refractivity contribution in [2.45, 2.75) is 71.2 Å². The molecule has 2 atom stereocenters. The van der Waals surface area contributed by atoms with Crippen molar-refractivity contribution in [3.8, 4) is 0 Å². The Hall–Kier alpha value is -0.0831. The molecule has 0 aromatic rings. The zero-order valence-electron chi connectivity index (χ0n) is 11.9. The Morgan fingerprint density at radius 3 is 2.38 bits per heavy atom. The summed E-state index contributed by atoms with van der Waals surface area (Å²) in [7, 11) is -1.62. The van der Waals surface area contributed by atoms with Gasteiger partial charge in [-0.15, -0.1) is 0 Å². The van der Waals surface area contributed by atoms with Crippen LogP contribution < -0.4 is 0 Å². The van der Waals surface area contributed by atoms with Crippen molar-refractivity contribution in [3.05, 3.63) is 12.2 Å².